The molecule has 2 aromatic rings. The van der Waals surface area contributed by atoms with E-state index in [4.69, 9.17) is 4.99 Å². The molecule has 9 nitrogen and oxygen atoms in total. The Morgan fingerprint density at radius 3 is 2.77 bits per heavy atom. The van der Waals surface area contributed by atoms with E-state index >= 15 is 0 Å². The maximum atomic E-state index is 12.9. The van der Waals surface area contributed by atoms with Crippen molar-refractivity contribution in [2.45, 2.75) is 45.1 Å². The normalized spacial score (nSPS) is 22.9. The minimum atomic E-state index is -3.62. The molecule has 3 aliphatic rings. The molecule has 10 heteroatoms. The van der Waals surface area contributed by atoms with E-state index in [2.05, 4.69) is 28.8 Å². The summed E-state index contributed by atoms with van der Waals surface area (Å²) in [5, 5.41) is 3.89. The van der Waals surface area contributed by atoms with Crippen LogP contribution < -0.4 is 5.32 Å². The summed E-state index contributed by atoms with van der Waals surface area (Å²) in [4.78, 5) is 26.6. The molecule has 39 heavy (non-hydrogen) atoms. The molecule has 0 aliphatic carbocycles. The number of carbonyl (C=O) groups excluding carboxylic acids is 1. The highest BCUT2D eigenvalue weighted by atomic mass is 32.2. The van der Waals surface area contributed by atoms with Crippen LogP contribution in [0.3, 0.4) is 0 Å². The molecule has 2 unspecified atom stereocenters. The van der Waals surface area contributed by atoms with Gasteiger partial charge in [-0.25, -0.2) is 17.9 Å². The van der Waals surface area contributed by atoms with Gasteiger partial charge in [-0.05, 0) is 61.2 Å². The van der Waals surface area contributed by atoms with Gasteiger partial charge in [-0.2, -0.15) is 9.30 Å². The Labute approximate surface area is 229 Å². The van der Waals surface area contributed by atoms with Crippen molar-refractivity contribution in [1.29, 1.82) is 0 Å². The minimum absolute atomic E-state index is 0.242. The van der Waals surface area contributed by atoms with E-state index in [0.29, 0.717) is 30.0 Å². The van der Waals surface area contributed by atoms with Crippen molar-refractivity contribution in [2.24, 2.45) is 9.98 Å². The molecule has 0 saturated carbocycles. The highest BCUT2D eigenvalue weighted by molar-refractivity contribution is 7.92. The number of nitrogens with one attached hydrogen (secondary N) is 1. The number of allylic oxidation sites excluding steroid dienone is 1. The predicted octanol–water partition coefficient (Wildman–Crippen LogP) is 4.59. The van der Waals surface area contributed by atoms with E-state index in [0.717, 1.165) is 53.8 Å². The third-order valence-corrected chi connectivity index (χ3v) is 8.91. The fourth-order valence-corrected chi connectivity index (χ4v) is 6.49. The number of anilines is 1. The second-order valence-electron chi connectivity index (χ2n) is 10.0. The zero-order chi connectivity index (χ0) is 27.6. The van der Waals surface area contributed by atoms with Crippen molar-refractivity contribution >= 4 is 33.8 Å². The number of fused-ring (bicyclic) bond motifs is 1. The number of carbonyl (C=O) groups is 1. The third-order valence-electron chi connectivity index (χ3n) is 7.39. The second kappa shape index (κ2) is 10.8. The first-order valence-electron chi connectivity index (χ1n) is 13.2. The van der Waals surface area contributed by atoms with Gasteiger partial charge in [-0.15, -0.1) is 0 Å². The number of quaternary nitrogens is 1. The van der Waals surface area contributed by atoms with Gasteiger partial charge in [0.1, 0.15) is 17.7 Å². The number of hydrogen-bond acceptors (Lipinski definition) is 6. The number of nitrogens with zero attached hydrogens (tertiary/aromatic N) is 5. The van der Waals surface area contributed by atoms with E-state index in [1.54, 1.807) is 30.7 Å². The van der Waals surface area contributed by atoms with Gasteiger partial charge < -0.3 is 5.32 Å². The van der Waals surface area contributed by atoms with E-state index < -0.39 is 16.1 Å². The summed E-state index contributed by atoms with van der Waals surface area (Å²) < 4.78 is 27.4. The molecule has 1 aromatic carbocycles. The lowest BCUT2D eigenvalue weighted by Crippen LogP contribution is -2.45. The van der Waals surface area contributed by atoms with Crippen molar-refractivity contribution in [1.82, 2.24) is 9.29 Å². The summed E-state index contributed by atoms with van der Waals surface area (Å²) in [6, 6.07) is 10.7. The van der Waals surface area contributed by atoms with Crippen molar-refractivity contribution in [3.05, 3.63) is 95.1 Å². The average molecular weight is 546 g/mol. The number of aryl methyl sites for hydroxylation is 1. The number of benzene rings is 1. The van der Waals surface area contributed by atoms with Gasteiger partial charge in [0.15, 0.2) is 5.70 Å². The molecule has 4 heterocycles. The molecule has 1 aromatic heterocycles. The number of sulfonamides is 1. The van der Waals surface area contributed by atoms with Crippen molar-refractivity contribution in [3.8, 4) is 0 Å². The molecule has 0 bridgehead atoms. The minimum Gasteiger partial charge on any atom is -0.307 e. The predicted molar refractivity (Wildman–Crippen MR) is 153 cm³/mol. The van der Waals surface area contributed by atoms with E-state index in [1.807, 2.05) is 37.5 Å². The van der Waals surface area contributed by atoms with Crippen molar-refractivity contribution < 1.29 is 17.7 Å². The summed E-state index contributed by atoms with van der Waals surface area (Å²) in [5.74, 6) is 1.02. The smallest absolute Gasteiger partial charge is 0.256 e. The highest BCUT2D eigenvalue weighted by Gasteiger charge is 2.47. The molecule has 1 saturated heterocycles. The van der Waals surface area contributed by atoms with Crippen LogP contribution in [0.5, 0.6) is 0 Å². The lowest BCUT2D eigenvalue weighted by molar-refractivity contribution is -0.713. The van der Waals surface area contributed by atoms with Crippen LogP contribution in [0.25, 0.3) is 0 Å². The zero-order valence-electron chi connectivity index (χ0n) is 22.2. The number of rotatable bonds is 8. The van der Waals surface area contributed by atoms with E-state index in [-0.39, 0.29) is 10.4 Å². The first-order chi connectivity index (χ1) is 18.8. The van der Waals surface area contributed by atoms with E-state index in [1.165, 1.54) is 4.31 Å². The van der Waals surface area contributed by atoms with Crippen LogP contribution in [0, 0.1) is 0 Å². The molecule has 202 valence electrons. The Kier molecular flexibility index (Phi) is 7.44. The molecule has 2 atom stereocenters. The molecule has 1 fully saturated rings. The summed E-state index contributed by atoms with van der Waals surface area (Å²) in [6.45, 7) is 6.07. The van der Waals surface area contributed by atoms with Gasteiger partial charge in [-0.3, -0.25) is 9.79 Å². The topological polar surface area (TPSA) is 104 Å². The molecular weight excluding hydrogens is 512 g/mol. The van der Waals surface area contributed by atoms with Crippen LogP contribution in [0.2, 0.25) is 0 Å². The Morgan fingerprint density at radius 2 is 2.03 bits per heavy atom. The quantitative estimate of drug-likeness (QED) is 0.490. The maximum absolute atomic E-state index is 12.9. The average Bonchev–Trinajstić information content (AvgIpc) is 3.26. The SMILES string of the molecule is C=CS(=O)(=O)N1CCCCC1C1=C2C=NC=C[N+]2(C)C(c2ccc(C(=O)Nc3cc(CCC)ccn3)cc2)=N1. The molecule has 3 aliphatic heterocycles. The largest absolute Gasteiger partial charge is 0.307 e. The van der Waals surface area contributed by atoms with Gasteiger partial charge in [0, 0.05) is 23.7 Å². The maximum Gasteiger partial charge on any atom is 0.256 e. The summed E-state index contributed by atoms with van der Waals surface area (Å²) in [5.41, 5.74) is 4.00. The van der Waals surface area contributed by atoms with Gasteiger partial charge >= 0.3 is 0 Å². The molecule has 1 N–H and O–H groups in total. The molecule has 0 spiro atoms. The van der Waals surface area contributed by atoms with Gasteiger partial charge in [-0.1, -0.05) is 26.3 Å². The number of amidine groups is 1. The lowest BCUT2D eigenvalue weighted by Gasteiger charge is -2.34. The number of aliphatic imine (C=N–C) groups is 2. The van der Waals surface area contributed by atoms with Crippen LogP contribution in [0.1, 0.15) is 54.1 Å². The standard InChI is InChI=1S/C29H32N6O3S/c1-4-8-21-14-15-31-26(19-21)32-29(36)23-12-10-22(11-13-23)28-33-27(25-20-30-16-18-35(25,28)3)24-9-6-7-17-34(24)39(37,38)5-2/h5,10-16,18-20,24H,2,4,6-9,17H2,1,3H3/p+1. The summed E-state index contributed by atoms with van der Waals surface area (Å²) in [7, 11) is -1.61. The fourth-order valence-electron chi connectivity index (χ4n) is 5.35. The Balaban J connectivity index is 1.44. The first-order valence-corrected chi connectivity index (χ1v) is 14.7. The number of piperidine rings is 1. The second-order valence-corrected chi connectivity index (χ2v) is 11.9. The third kappa shape index (κ3) is 5.15. The fraction of sp³-hybridized carbons (Fsp3) is 0.310. The Bertz CT molecular complexity index is 1520. The van der Waals surface area contributed by atoms with Crippen LogP contribution >= 0.6 is 0 Å². The van der Waals surface area contributed by atoms with Crippen LogP contribution in [0.15, 0.2) is 88.4 Å². The molecule has 0 radical (unpaired) electrons. The van der Waals surface area contributed by atoms with E-state index in [9.17, 15) is 13.2 Å². The lowest BCUT2D eigenvalue weighted by atomic mass is 10.0. The highest BCUT2D eigenvalue weighted by Crippen LogP contribution is 2.38. The zero-order valence-corrected chi connectivity index (χ0v) is 23.1. The van der Waals surface area contributed by atoms with Crippen LogP contribution in [-0.4, -0.2) is 59.8 Å². The molecular formula is C29H33N6O3S+. The van der Waals surface area contributed by atoms with Gasteiger partial charge in [0.05, 0.1) is 31.1 Å². The number of pyridine rings is 1. The Hall–Kier alpha value is -3.73. The molecule has 1 amide bonds. The van der Waals surface area contributed by atoms with Crippen molar-refractivity contribution in [2.75, 3.05) is 18.9 Å². The van der Waals surface area contributed by atoms with Gasteiger partial charge in [0.25, 0.3) is 5.91 Å². The Morgan fingerprint density at radius 1 is 1.23 bits per heavy atom. The monoisotopic (exact) mass is 545 g/mol. The molecule has 5 rings (SSSR count). The summed E-state index contributed by atoms with van der Waals surface area (Å²) in [6.07, 6.45) is 11.5. The van der Waals surface area contributed by atoms with Gasteiger partial charge in [0.2, 0.25) is 15.9 Å². The summed E-state index contributed by atoms with van der Waals surface area (Å²) >= 11 is 0. The number of hydrogen-bond donors (Lipinski definition) is 1. The number of amides is 1. The number of aromatic nitrogens is 1. The van der Waals surface area contributed by atoms with Crippen LogP contribution in [0.4, 0.5) is 5.82 Å². The van der Waals surface area contributed by atoms with Crippen molar-refractivity contribution in [3.63, 3.8) is 0 Å². The van der Waals surface area contributed by atoms with Crippen LogP contribution in [-0.2, 0) is 16.4 Å². The first kappa shape index (κ1) is 26.9.